The van der Waals surface area contributed by atoms with Crippen LogP contribution in [-0.4, -0.2) is 32.7 Å². The van der Waals surface area contributed by atoms with Gasteiger partial charge in [-0.1, -0.05) is 25.4 Å². The molecule has 0 spiro atoms. The lowest BCUT2D eigenvalue weighted by Gasteiger charge is -2.15. The van der Waals surface area contributed by atoms with Gasteiger partial charge in [-0.25, -0.2) is 9.97 Å². The Kier molecular flexibility index (Phi) is 5.61. The number of nitrogens with one attached hydrogen (secondary N) is 1. The smallest absolute Gasteiger partial charge is 0.228 e. The zero-order chi connectivity index (χ0) is 14.2. The van der Waals surface area contributed by atoms with Gasteiger partial charge in [-0.2, -0.15) is 4.98 Å². The average molecular weight is 275 g/mol. The van der Waals surface area contributed by atoms with Crippen molar-refractivity contribution in [3.63, 3.8) is 0 Å². The van der Waals surface area contributed by atoms with E-state index in [1.54, 1.807) is 12.3 Å². The molecule has 0 saturated carbocycles. The highest BCUT2D eigenvalue weighted by molar-refractivity contribution is 5.46. The van der Waals surface area contributed by atoms with Crippen LogP contribution >= 0.6 is 0 Å². The fourth-order valence-corrected chi connectivity index (χ4v) is 2.05. The summed E-state index contributed by atoms with van der Waals surface area (Å²) in [5, 5.41) is 7.49. The minimum absolute atomic E-state index is 0.388. The first-order chi connectivity index (χ1) is 9.83. The molecule has 1 atom stereocenters. The lowest BCUT2D eigenvalue weighted by molar-refractivity contribution is 0.350. The predicted molar refractivity (Wildman–Crippen MR) is 76.0 cm³/mol. The predicted octanol–water partition coefficient (Wildman–Crippen LogP) is 2.24. The van der Waals surface area contributed by atoms with Crippen molar-refractivity contribution in [1.29, 1.82) is 0 Å². The molecule has 6 nitrogen and oxygen atoms in total. The molecule has 2 heterocycles. The van der Waals surface area contributed by atoms with E-state index in [4.69, 9.17) is 4.52 Å². The molecule has 0 amide bonds. The van der Waals surface area contributed by atoms with Crippen LogP contribution in [0.25, 0.3) is 11.5 Å². The van der Waals surface area contributed by atoms with E-state index < -0.39 is 0 Å². The standard InChI is InChI=1S/C14H21N5O/c1-3-5-11(16-7-4-2)9-13-18-14(19-20-13)12-6-8-15-10-17-12/h6,8,10-11,16H,3-5,7,9H2,1-2H3. The second-order valence-corrected chi connectivity index (χ2v) is 4.75. The first-order valence-corrected chi connectivity index (χ1v) is 7.15. The summed E-state index contributed by atoms with van der Waals surface area (Å²) < 4.78 is 5.31. The zero-order valence-corrected chi connectivity index (χ0v) is 12.0. The molecule has 0 aliphatic carbocycles. The molecule has 2 aromatic rings. The van der Waals surface area contributed by atoms with E-state index in [0.29, 0.717) is 23.5 Å². The SMILES string of the molecule is CCCNC(CCC)Cc1nc(-c2ccncn2)no1. The maximum Gasteiger partial charge on any atom is 0.228 e. The third-order valence-corrected chi connectivity index (χ3v) is 3.02. The Labute approximate surface area is 119 Å². The van der Waals surface area contributed by atoms with Gasteiger partial charge in [0.05, 0.1) is 0 Å². The highest BCUT2D eigenvalue weighted by Crippen LogP contribution is 2.13. The molecular formula is C14H21N5O. The summed E-state index contributed by atoms with van der Waals surface area (Å²) in [4.78, 5) is 12.4. The van der Waals surface area contributed by atoms with Gasteiger partial charge in [0.1, 0.15) is 12.0 Å². The summed E-state index contributed by atoms with van der Waals surface area (Å²) in [6.07, 6.45) is 7.26. The molecule has 0 aliphatic heterocycles. The normalized spacial score (nSPS) is 12.5. The lowest BCUT2D eigenvalue weighted by atomic mass is 10.1. The summed E-state index contributed by atoms with van der Waals surface area (Å²) >= 11 is 0. The fourth-order valence-electron chi connectivity index (χ4n) is 2.05. The molecule has 6 heteroatoms. The summed E-state index contributed by atoms with van der Waals surface area (Å²) in [6, 6.07) is 2.16. The van der Waals surface area contributed by atoms with Gasteiger partial charge in [0.15, 0.2) is 0 Å². The Hall–Kier alpha value is -1.82. The van der Waals surface area contributed by atoms with Gasteiger partial charge in [0.2, 0.25) is 11.7 Å². The monoisotopic (exact) mass is 275 g/mol. The van der Waals surface area contributed by atoms with Crippen LogP contribution < -0.4 is 5.32 Å². The van der Waals surface area contributed by atoms with E-state index in [2.05, 4.69) is 39.3 Å². The van der Waals surface area contributed by atoms with E-state index in [-0.39, 0.29) is 0 Å². The Morgan fingerprint density at radius 2 is 2.20 bits per heavy atom. The minimum Gasteiger partial charge on any atom is -0.339 e. The van der Waals surface area contributed by atoms with Crippen molar-refractivity contribution in [1.82, 2.24) is 25.4 Å². The Morgan fingerprint density at radius 3 is 2.90 bits per heavy atom. The van der Waals surface area contributed by atoms with Crippen molar-refractivity contribution in [3.05, 3.63) is 24.5 Å². The maximum atomic E-state index is 5.31. The van der Waals surface area contributed by atoms with Crippen LogP contribution in [0, 0.1) is 0 Å². The van der Waals surface area contributed by atoms with Crippen LogP contribution in [0.4, 0.5) is 0 Å². The topological polar surface area (TPSA) is 76.7 Å². The summed E-state index contributed by atoms with van der Waals surface area (Å²) in [5.74, 6) is 1.17. The third kappa shape index (κ3) is 4.09. The van der Waals surface area contributed by atoms with E-state index in [0.717, 1.165) is 32.2 Å². The largest absolute Gasteiger partial charge is 0.339 e. The van der Waals surface area contributed by atoms with E-state index in [1.165, 1.54) is 6.33 Å². The Morgan fingerprint density at radius 1 is 1.30 bits per heavy atom. The molecule has 2 rings (SSSR count). The third-order valence-electron chi connectivity index (χ3n) is 3.02. The highest BCUT2D eigenvalue weighted by atomic mass is 16.5. The zero-order valence-electron chi connectivity index (χ0n) is 12.0. The summed E-state index contributed by atoms with van der Waals surface area (Å²) in [7, 11) is 0. The quantitative estimate of drug-likeness (QED) is 0.796. The molecule has 0 fully saturated rings. The van der Waals surface area contributed by atoms with Crippen molar-refractivity contribution in [2.75, 3.05) is 6.54 Å². The Balaban J connectivity index is 2.00. The van der Waals surface area contributed by atoms with Gasteiger partial charge < -0.3 is 9.84 Å². The van der Waals surface area contributed by atoms with E-state index >= 15 is 0 Å². The Bertz CT molecular complexity index is 499. The maximum absolute atomic E-state index is 5.31. The summed E-state index contributed by atoms with van der Waals surface area (Å²) in [5.41, 5.74) is 0.684. The van der Waals surface area contributed by atoms with Gasteiger partial charge in [-0.3, -0.25) is 0 Å². The molecule has 0 aromatic carbocycles. The van der Waals surface area contributed by atoms with Crippen molar-refractivity contribution in [2.24, 2.45) is 0 Å². The van der Waals surface area contributed by atoms with E-state index in [1.807, 2.05) is 0 Å². The average Bonchev–Trinajstić information content (AvgIpc) is 2.94. The minimum atomic E-state index is 0.388. The second kappa shape index (κ2) is 7.69. The molecule has 1 unspecified atom stereocenters. The fraction of sp³-hybridized carbons (Fsp3) is 0.571. The number of nitrogens with zero attached hydrogens (tertiary/aromatic N) is 4. The highest BCUT2D eigenvalue weighted by Gasteiger charge is 2.14. The van der Waals surface area contributed by atoms with Gasteiger partial charge in [-0.05, 0) is 25.5 Å². The van der Waals surface area contributed by atoms with Gasteiger partial charge in [-0.15, -0.1) is 0 Å². The van der Waals surface area contributed by atoms with Crippen molar-refractivity contribution >= 4 is 0 Å². The van der Waals surface area contributed by atoms with Crippen LogP contribution in [0.3, 0.4) is 0 Å². The molecule has 0 radical (unpaired) electrons. The van der Waals surface area contributed by atoms with Crippen LogP contribution in [-0.2, 0) is 6.42 Å². The van der Waals surface area contributed by atoms with Crippen molar-refractivity contribution < 1.29 is 4.52 Å². The van der Waals surface area contributed by atoms with Gasteiger partial charge >= 0.3 is 0 Å². The van der Waals surface area contributed by atoms with E-state index in [9.17, 15) is 0 Å². The van der Waals surface area contributed by atoms with Crippen molar-refractivity contribution in [2.45, 2.75) is 45.6 Å². The number of hydrogen-bond donors (Lipinski definition) is 1. The summed E-state index contributed by atoms with van der Waals surface area (Å²) in [6.45, 7) is 5.36. The molecule has 20 heavy (non-hydrogen) atoms. The van der Waals surface area contributed by atoms with Gasteiger partial charge in [0, 0.05) is 18.7 Å². The first-order valence-electron chi connectivity index (χ1n) is 7.15. The van der Waals surface area contributed by atoms with Crippen LogP contribution in [0.5, 0.6) is 0 Å². The first kappa shape index (κ1) is 14.6. The molecule has 1 N–H and O–H groups in total. The van der Waals surface area contributed by atoms with Crippen LogP contribution in [0.15, 0.2) is 23.1 Å². The number of rotatable bonds is 8. The van der Waals surface area contributed by atoms with Crippen LogP contribution in [0.2, 0.25) is 0 Å². The second-order valence-electron chi connectivity index (χ2n) is 4.75. The molecule has 108 valence electrons. The number of hydrogen-bond acceptors (Lipinski definition) is 6. The number of aromatic nitrogens is 4. The lowest BCUT2D eigenvalue weighted by Crippen LogP contribution is -2.31. The molecule has 0 aliphatic rings. The van der Waals surface area contributed by atoms with Crippen LogP contribution in [0.1, 0.15) is 39.0 Å². The molecule has 0 bridgehead atoms. The van der Waals surface area contributed by atoms with Crippen molar-refractivity contribution in [3.8, 4) is 11.5 Å². The molecular weight excluding hydrogens is 254 g/mol. The molecule has 2 aromatic heterocycles. The van der Waals surface area contributed by atoms with Gasteiger partial charge in [0.25, 0.3) is 0 Å². The molecule has 0 saturated heterocycles.